The van der Waals surface area contributed by atoms with Gasteiger partial charge in [0.05, 0.1) is 19.3 Å². The van der Waals surface area contributed by atoms with Crippen LogP contribution in [0.3, 0.4) is 0 Å². The van der Waals surface area contributed by atoms with Crippen molar-refractivity contribution in [2.24, 2.45) is 5.41 Å². The molecular formula is C19H22FN5O2. The number of carbonyl (C=O) groups is 1. The first kappa shape index (κ1) is 18.8. The van der Waals surface area contributed by atoms with E-state index in [4.69, 9.17) is 0 Å². The summed E-state index contributed by atoms with van der Waals surface area (Å²) in [5.41, 5.74) is 0.602. The molecule has 0 spiro atoms. The molecule has 0 aliphatic rings. The molecule has 142 valence electrons. The second-order valence-electron chi connectivity index (χ2n) is 7.41. The number of rotatable bonds is 5. The Morgan fingerprint density at radius 3 is 2.59 bits per heavy atom. The van der Waals surface area contributed by atoms with Gasteiger partial charge in [0.25, 0.3) is 5.56 Å². The van der Waals surface area contributed by atoms with Crippen molar-refractivity contribution >= 4 is 16.9 Å². The molecule has 27 heavy (non-hydrogen) atoms. The van der Waals surface area contributed by atoms with Crippen LogP contribution in [0.5, 0.6) is 0 Å². The first-order chi connectivity index (χ1) is 12.8. The van der Waals surface area contributed by atoms with Crippen LogP contribution in [0.2, 0.25) is 0 Å². The molecule has 0 saturated heterocycles. The molecule has 1 amide bonds. The number of hydrogen-bond donors (Lipinski definition) is 1. The van der Waals surface area contributed by atoms with Crippen LogP contribution in [0, 0.1) is 11.2 Å². The van der Waals surface area contributed by atoms with Crippen LogP contribution in [-0.4, -0.2) is 31.8 Å². The first-order valence-corrected chi connectivity index (χ1v) is 8.69. The van der Waals surface area contributed by atoms with E-state index in [2.05, 4.69) is 15.4 Å². The van der Waals surface area contributed by atoms with Crippen LogP contribution in [0.4, 0.5) is 4.39 Å². The Kier molecular flexibility index (Phi) is 5.07. The van der Waals surface area contributed by atoms with Crippen molar-refractivity contribution in [3.05, 3.63) is 58.5 Å². The van der Waals surface area contributed by atoms with Crippen LogP contribution < -0.4 is 10.9 Å². The van der Waals surface area contributed by atoms with Gasteiger partial charge < -0.3 is 5.32 Å². The minimum Gasteiger partial charge on any atom is -0.354 e. The third-order valence-electron chi connectivity index (χ3n) is 4.18. The van der Waals surface area contributed by atoms with Gasteiger partial charge in [0, 0.05) is 12.0 Å². The van der Waals surface area contributed by atoms with E-state index in [0.29, 0.717) is 30.7 Å². The predicted octanol–water partition coefficient (Wildman–Crippen LogP) is 1.94. The second-order valence-corrected chi connectivity index (χ2v) is 7.41. The molecule has 7 nitrogen and oxygen atoms in total. The number of nitrogens with one attached hydrogen (secondary N) is 1. The van der Waals surface area contributed by atoms with E-state index in [1.807, 2.05) is 20.8 Å². The zero-order valence-corrected chi connectivity index (χ0v) is 15.6. The molecule has 0 aliphatic carbocycles. The van der Waals surface area contributed by atoms with Crippen molar-refractivity contribution in [3.8, 4) is 0 Å². The van der Waals surface area contributed by atoms with E-state index in [0.717, 1.165) is 5.56 Å². The van der Waals surface area contributed by atoms with Crippen molar-refractivity contribution < 1.29 is 9.18 Å². The smallest absolute Gasteiger partial charge is 0.264 e. The standard InChI is InChI=1S/C19H22FN5O2/c1-19(2,3)18(27)21-8-9-25-16-15(10-23-25)17(26)24(12-22-16)11-13-4-6-14(20)7-5-13/h4-7,10,12H,8-9,11H2,1-3H3,(H,21,27). The SMILES string of the molecule is CC(C)(C)C(=O)NCCn1ncc2c(=O)n(Cc3ccc(F)cc3)cnc21. The maximum atomic E-state index is 13.0. The number of nitrogens with zero attached hydrogens (tertiary/aromatic N) is 4. The molecule has 0 aliphatic heterocycles. The molecule has 0 fully saturated rings. The van der Waals surface area contributed by atoms with Gasteiger partial charge in [-0.05, 0) is 17.7 Å². The fourth-order valence-corrected chi connectivity index (χ4v) is 2.60. The summed E-state index contributed by atoms with van der Waals surface area (Å²) in [6.45, 7) is 6.65. The maximum Gasteiger partial charge on any atom is 0.264 e. The van der Waals surface area contributed by atoms with Gasteiger partial charge in [0.15, 0.2) is 5.65 Å². The number of aromatic nitrogens is 4. The number of carbonyl (C=O) groups excluding carboxylic acids is 1. The third-order valence-corrected chi connectivity index (χ3v) is 4.18. The number of halogens is 1. The van der Waals surface area contributed by atoms with Crippen LogP contribution in [-0.2, 0) is 17.9 Å². The Hall–Kier alpha value is -3.03. The van der Waals surface area contributed by atoms with Gasteiger partial charge >= 0.3 is 0 Å². The van der Waals surface area contributed by atoms with E-state index in [-0.39, 0.29) is 17.3 Å². The summed E-state index contributed by atoms with van der Waals surface area (Å²) in [7, 11) is 0. The topological polar surface area (TPSA) is 81.8 Å². The number of hydrogen-bond acceptors (Lipinski definition) is 4. The number of amides is 1. The number of benzene rings is 1. The zero-order chi connectivity index (χ0) is 19.6. The lowest BCUT2D eigenvalue weighted by Gasteiger charge is -2.17. The largest absolute Gasteiger partial charge is 0.354 e. The van der Waals surface area contributed by atoms with E-state index in [9.17, 15) is 14.0 Å². The lowest BCUT2D eigenvalue weighted by molar-refractivity contribution is -0.128. The molecule has 3 aromatic rings. The molecule has 0 bridgehead atoms. The Balaban J connectivity index is 1.75. The summed E-state index contributed by atoms with van der Waals surface area (Å²) < 4.78 is 16.1. The zero-order valence-electron chi connectivity index (χ0n) is 15.6. The minimum atomic E-state index is -0.460. The Labute approximate surface area is 155 Å². The predicted molar refractivity (Wildman–Crippen MR) is 99.8 cm³/mol. The van der Waals surface area contributed by atoms with Crippen molar-refractivity contribution in [1.29, 1.82) is 0 Å². The van der Waals surface area contributed by atoms with Gasteiger partial charge in [-0.15, -0.1) is 0 Å². The highest BCUT2D eigenvalue weighted by Gasteiger charge is 2.20. The van der Waals surface area contributed by atoms with E-state index < -0.39 is 5.41 Å². The van der Waals surface area contributed by atoms with Gasteiger partial charge in [-0.25, -0.2) is 14.1 Å². The molecule has 3 rings (SSSR count). The lowest BCUT2D eigenvalue weighted by atomic mass is 9.96. The Bertz CT molecular complexity index is 1020. The molecule has 2 aromatic heterocycles. The summed E-state index contributed by atoms with van der Waals surface area (Å²) in [4.78, 5) is 28.9. The average Bonchev–Trinajstić information content (AvgIpc) is 3.02. The third kappa shape index (κ3) is 4.21. The number of fused-ring (bicyclic) bond motifs is 1. The quantitative estimate of drug-likeness (QED) is 0.743. The Morgan fingerprint density at radius 2 is 1.93 bits per heavy atom. The van der Waals surface area contributed by atoms with Crippen LogP contribution in [0.1, 0.15) is 26.3 Å². The van der Waals surface area contributed by atoms with Crippen molar-refractivity contribution in [2.45, 2.75) is 33.9 Å². The fraction of sp³-hybridized carbons (Fsp3) is 0.368. The minimum absolute atomic E-state index is 0.0476. The van der Waals surface area contributed by atoms with Gasteiger partial charge in [0.2, 0.25) is 5.91 Å². The van der Waals surface area contributed by atoms with E-state index in [1.165, 1.54) is 29.2 Å². The molecule has 2 heterocycles. The monoisotopic (exact) mass is 371 g/mol. The highest BCUT2D eigenvalue weighted by molar-refractivity contribution is 5.81. The summed E-state index contributed by atoms with van der Waals surface area (Å²) in [6.07, 6.45) is 2.94. The van der Waals surface area contributed by atoms with E-state index >= 15 is 0 Å². The van der Waals surface area contributed by atoms with Crippen LogP contribution in [0.15, 0.2) is 41.6 Å². The molecule has 0 saturated carbocycles. The van der Waals surface area contributed by atoms with Crippen LogP contribution in [0.25, 0.3) is 11.0 Å². The summed E-state index contributed by atoms with van der Waals surface area (Å²) in [5.74, 6) is -0.368. The maximum absolute atomic E-state index is 13.0. The second kappa shape index (κ2) is 7.30. The van der Waals surface area contributed by atoms with Crippen molar-refractivity contribution in [3.63, 3.8) is 0 Å². The van der Waals surface area contributed by atoms with Crippen molar-refractivity contribution in [2.75, 3.05) is 6.54 Å². The van der Waals surface area contributed by atoms with E-state index in [1.54, 1.807) is 16.8 Å². The van der Waals surface area contributed by atoms with Crippen LogP contribution >= 0.6 is 0 Å². The van der Waals surface area contributed by atoms with Gasteiger partial charge in [0.1, 0.15) is 17.5 Å². The highest BCUT2D eigenvalue weighted by Crippen LogP contribution is 2.12. The Morgan fingerprint density at radius 1 is 1.22 bits per heavy atom. The summed E-state index contributed by atoms with van der Waals surface area (Å²) in [5, 5.41) is 7.47. The summed E-state index contributed by atoms with van der Waals surface area (Å²) >= 11 is 0. The van der Waals surface area contributed by atoms with Crippen molar-refractivity contribution in [1.82, 2.24) is 24.6 Å². The summed E-state index contributed by atoms with van der Waals surface area (Å²) in [6, 6.07) is 5.98. The lowest BCUT2D eigenvalue weighted by Crippen LogP contribution is -2.36. The first-order valence-electron chi connectivity index (χ1n) is 8.69. The van der Waals surface area contributed by atoms with Gasteiger partial charge in [-0.1, -0.05) is 32.9 Å². The molecule has 0 atom stereocenters. The molecule has 1 aromatic carbocycles. The molecule has 1 N–H and O–H groups in total. The molecular weight excluding hydrogens is 349 g/mol. The molecule has 8 heteroatoms. The average molecular weight is 371 g/mol. The molecule has 0 unspecified atom stereocenters. The van der Waals surface area contributed by atoms with Gasteiger partial charge in [-0.3, -0.25) is 14.2 Å². The normalized spacial score (nSPS) is 11.7. The fourth-order valence-electron chi connectivity index (χ4n) is 2.60. The highest BCUT2D eigenvalue weighted by atomic mass is 19.1. The molecule has 0 radical (unpaired) electrons. The van der Waals surface area contributed by atoms with Gasteiger partial charge in [-0.2, -0.15) is 5.10 Å².